The molecule has 0 radical (unpaired) electrons. The van der Waals surface area contributed by atoms with E-state index in [9.17, 15) is 0 Å². The Kier molecular flexibility index (Phi) is 5.36. The van der Waals surface area contributed by atoms with Gasteiger partial charge in [-0.05, 0) is 40.6 Å². The van der Waals surface area contributed by atoms with Crippen molar-refractivity contribution in [3.63, 3.8) is 0 Å². The summed E-state index contributed by atoms with van der Waals surface area (Å²) in [6.07, 6.45) is 14.8. The zero-order valence-electron chi connectivity index (χ0n) is 12.3. The van der Waals surface area contributed by atoms with Crippen molar-refractivity contribution in [3.05, 3.63) is 68.0 Å². The first-order valence-electron chi connectivity index (χ1n) is 6.84. The third-order valence-electron chi connectivity index (χ3n) is 3.57. The predicted molar refractivity (Wildman–Crippen MR) is 90.1 cm³/mol. The van der Waals surface area contributed by atoms with Gasteiger partial charge >= 0.3 is 50.0 Å². The van der Waals surface area contributed by atoms with Crippen LogP contribution in [0.25, 0.3) is 23.4 Å². The second-order valence-corrected chi connectivity index (χ2v) is 6.45. The molecule has 0 aromatic heterocycles. The van der Waals surface area contributed by atoms with E-state index in [1.165, 1.54) is 27.1 Å². The first-order valence-corrected chi connectivity index (χ1v) is 8.74. The van der Waals surface area contributed by atoms with E-state index in [1.807, 2.05) is 50.0 Å². The summed E-state index contributed by atoms with van der Waals surface area (Å²) in [4.78, 5) is 0. The van der Waals surface area contributed by atoms with Gasteiger partial charge in [0.2, 0.25) is 0 Å². The van der Waals surface area contributed by atoms with Gasteiger partial charge in [0.1, 0.15) is 0 Å². The molecule has 0 saturated carbocycles. The molecule has 2 aliphatic carbocycles. The molecule has 0 heterocycles. The molecule has 1 aromatic rings. The minimum absolute atomic E-state index is 1.15. The third kappa shape index (κ3) is 3.29. The monoisotopic (exact) mass is 311 g/mol. The van der Waals surface area contributed by atoms with Crippen LogP contribution in [-0.4, -0.2) is 10.2 Å². The van der Waals surface area contributed by atoms with Crippen molar-refractivity contribution < 1.29 is 20.4 Å². The van der Waals surface area contributed by atoms with Crippen molar-refractivity contribution in [1.82, 2.24) is 0 Å². The van der Waals surface area contributed by atoms with Crippen molar-refractivity contribution in [2.75, 3.05) is 0 Å². The molecule has 0 N–H and O–H groups in total. The fourth-order valence-electron chi connectivity index (χ4n) is 2.36. The van der Waals surface area contributed by atoms with Crippen molar-refractivity contribution in [3.8, 4) is 0 Å². The summed E-state index contributed by atoms with van der Waals surface area (Å²) in [5.74, 6) is 0. The second-order valence-electron chi connectivity index (χ2n) is 4.93. The van der Waals surface area contributed by atoms with Crippen LogP contribution in [0.15, 0.2) is 46.4 Å². The summed E-state index contributed by atoms with van der Waals surface area (Å²) in [6.45, 7) is 4.22. The minimum atomic E-state index is 1.15. The van der Waals surface area contributed by atoms with Crippen molar-refractivity contribution in [1.29, 1.82) is 0 Å². The molecule has 0 unspecified atom stereocenters. The molecule has 0 nitrogen and oxygen atoms in total. The van der Waals surface area contributed by atoms with Crippen LogP contribution in [0.4, 0.5) is 0 Å². The Morgan fingerprint density at radius 3 is 2.60 bits per heavy atom. The van der Waals surface area contributed by atoms with Crippen LogP contribution in [0.2, 0.25) is 0 Å². The van der Waals surface area contributed by atoms with Crippen LogP contribution in [0.3, 0.4) is 0 Å². The average molecular weight is 311 g/mol. The Bertz CT molecular complexity index is 736. The normalized spacial score (nSPS) is 15.1. The van der Waals surface area contributed by atoms with Gasteiger partial charge in [0.25, 0.3) is 0 Å². The van der Waals surface area contributed by atoms with Crippen LogP contribution in [0.5, 0.6) is 0 Å². The zero-order chi connectivity index (χ0) is 14.5. The van der Waals surface area contributed by atoms with Crippen LogP contribution >= 0.6 is 0 Å². The summed E-state index contributed by atoms with van der Waals surface area (Å²) in [5.41, 5.74) is 4.24. The molecule has 0 spiro atoms. The fourth-order valence-corrected chi connectivity index (χ4v) is 3.11. The molecule has 0 amide bonds. The molecule has 99 valence electrons. The van der Waals surface area contributed by atoms with Crippen molar-refractivity contribution in [2.45, 2.75) is 13.8 Å². The van der Waals surface area contributed by atoms with Gasteiger partial charge in [0.15, 0.2) is 0 Å². The van der Waals surface area contributed by atoms with Gasteiger partial charge in [-0.3, -0.25) is 0 Å². The van der Waals surface area contributed by atoms with Gasteiger partial charge in [-0.1, -0.05) is 35.1 Å². The van der Waals surface area contributed by atoms with E-state index in [0.29, 0.717) is 0 Å². The molecular formula is C18H19SiTi. The van der Waals surface area contributed by atoms with Crippen molar-refractivity contribution in [2.24, 2.45) is 0 Å². The molecule has 3 rings (SSSR count). The fraction of sp³-hybridized carbons (Fsp3) is 0.111. The summed E-state index contributed by atoms with van der Waals surface area (Å²) in [6, 6.07) is 4.64. The topological polar surface area (TPSA) is 0 Å². The summed E-state index contributed by atoms with van der Waals surface area (Å²) < 4.78 is 2.00. The molecule has 0 aliphatic heterocycles. The van der Waals surface area contributed by atoms with Crippen molar-refractivity contribution >= 4 is 33.7 Å². The summed E-state index contributed by atoms with van der Waals surface area (Å²) in [5, 5.41) is 4.39. The Hall–Kier alpha value is -1.15. The van der Waals surface area contributed by atoms with E-state index >= 15 is 0 Å². The maximum atomic E-state index is 2.33. The number of fused-ring (bicyclic) bond motifs is 2. The van der Waals surface area contributed by atoms with Gasteiger partial charge in [-0.25, -0.2) is 0 Å². The molecule has 0 saturated heterocycles. The van der Waals surface area contributed by atoms with E-state index in [1.54, 1.807) is 5.20 Å². The molecule has 2 heteroatoms. The predicted octanol–water partition coefficient (Wildman–Crippen LogP) is 2.01. The Labute approximate surface area is 135 Å². The van der Waals surface area contributed by atoms with Gasteiger partial charge < -0.3 is 0 Å². The van der Waals surface area contributed by atoms with Gasteiger partial charge in [0.05, 0.1) is 0 Å². The average Bonchev–Trinajstić information content (AvgIpc) is 3.00. The number of allylic oxidation sites excluding steroid dienone is 5. The van der Waals surface area contributed by atoms with Crippen LogP contribution in [0.1, 0.15) is 25.0 Å². The zero-order valence-corrected chi connectivity index (χ0v) is 15.8. The standard InChI is InChI=1S/C13H12Si.C5H7.Ti/c1-8-5-11-6-9-3-2-4-10(9)7-12(11)13(8)14;1-3-5-4-2;/h2-7H,1,14H3;1,3-5H,2H3;. The molecule has 2 aliphatic rings. The molecule has 20 heavy (non-hydrogen) atoms. The Morgan fingerprint density at radius 2 is 1.95 bits per heavy atom. The Morgan fingerprint density at radius 1 is 1.15 bits per heavy atom. The van der Waals surface area contributed by atoms with E-state index in [4.69, 9.17) is 0 Å². The molecule has 0 fully saturated rings. The van der Waals surface area contributed by atoms with Gasteiger partial charge in [-0.2, -0.15) is 0 Å². The van der Waals surface area contributed by atoms with Crippen LogP contribution < -0.4 is 10.4 Å². The number of hydrogen-bond acceptors (Lipinski definition) is 0. The first-order chi connectivity index (χ1) is 9.67. The first kappa shape index (κ1) is 15.2. The summed E-state index contributed by atoms with van der Waals surface area (Å²) in [7, 11) is 1.15. The second kappa shape index (κ2) is 7.03. The molecule has 0 atom stereocenters. The van der Waals surface area contributed by atoms with Gasteiger partial charge in [-0.15, -0.1) is 0 Å². The van der Waals surface area contributed by atoms with E-state index in [0.717, 1.165) is 10.2 Å². The van der Waals surface area contributed by atoms with Gasteiger partial charge in [0, 0.05) is 10.2 Å². The molecule has 1 aromatic carbocycles. The Balaban J connectivity index is 0.000000212. The van der Waals surface area contributed by atoms with Crippen LogP contribution in [-0.2, 0) is 20.4 Å². The van der Waals surface area contributed by atoms with Crippen LogP contribution in [0, 0.1) is 0 Å². The van der Waals surface area contributed by atoms with E-state index < -0.39 is 0 Å². The molecular weight excluding hydrogens is 292 g/mol. The quantitative estimate of drug-likeness (QED) is 0.550. The number of hydrogen-bond donors (Lipinski definition) is 0. The van der Waals surface area contributed by atoms with E-state index in [2.05, 4.69) is 43.4 Å². The molecule has 0 bridgehead atoms. The maximum absolute atomic E-state index is 2.33. The SMILES string of the molecule is CC1=Cc2cc3c(cc2=C1[SiH3])C=CC=3.CC=CC=[CH][Ti]. The number of rotatable bonds is 1. The van der Waals surface area contributed by atoms with E-state index in [-0.39, 0.29) is 0 Å². The number of benzene rings is 1. The summed E-state index contributed by atoms with van der Waals surface area (Å²) >= 11 is 2.00. The third-order valence-corrected chi connectivity index (χ3v) is 5.20.